The van der Waals surface area contributed by atoms with Gasteiger partial charge in [-0.15, -0.1) is 0 Å². The van der Waals surface area contributed by atoms with Gasteiger partial charge in [0, 0.05) is 10.6 Å². The monoisotopic (exact) mass is 276 g/mol. The highest BCUT2D eigenvalue weighted by Gasteiger charge is 2.14. The molecule has 0 atom stereocenters. The van der Waals surface area contributed by atoms with Gasteiger partial charge in [-0.3, -0.25) is 10.1 Å². The molecular formula is C14H13ClN2O2. The topological polar surface area (TPSA) is 66.0 Å². The summed E-state index contributed by atoms with van der Waals surface area (Å²) in [7, 11) is 0. The summed E-state index contributed by atoms with van der Waals surface area (Å²) in [4.78, 5) is 10.3. The Morgan fingerprint density at radius 2 is 1.95 bits per heavy atom. The normalized spacial score (nSPS) is 8.95. The molecule has 0 saturated carbocycles. The van der Waals surface area contributed by atoms with Gasteiger partial charge in [-0.05, 0) is 17.7 Å². The highest BCUT2D eigenvalue weighted by atomic mass is 35.5. The summed E-state index contributed by atoms with van der Waals surface area (Å²) >= 11 is 5.78. The minimum Gasteiger partial charge on any atom is -0.446 e. The number of carbonyl (C=O) groups is 1. The standard InChI is InChI=1S/C12H7ClN2O2.C2H6/c13-9-3-1-8(2-4-9)11-6-17-12(15-7-16)10(11)5-14;1-2/h1-4,6-7H,(H,15,16);1-2H3. The van der Waals surface area contributed by atoms with E-state index in [1.807, 2.05) is 19.9 Å². The number of hydrogen-bond acceptors (Lipinski definition) is 3. The van der Waals surface area contributed by atoms with Crippen molar-refractivity contribution in [3.05, 3.63) is 41.1 Å². The lowest BCUT2D eigenvalue weighted by Gasteiger charge is -1.98. The van der Waals surface area contributed by atoms with Gasteiger partial charge in [0.15, 0.2) is 0 Å². The number of hydrogen-bond donors (Lipinski definition) is 1. The number of nitrogens with zero attached hydrogens (tertiary/aromatic N) is 1. The molecule has 0 aliphatic heterocycles. The van der Waals surface area contributed by atoms with Crippen molar-refractivity contribution in [2.75, 3.05) is 5.32 Å². The van der Waals surface area contributed by atoms with Gasteiger partial charge in [0.2, 0.25) is 12.3 Å². The van der Waals surface area contributed by atoms with E-state index in [4.69, 9.17) is 21.3 Å². The molecule has 2 aromatic rings. The van der Waals surface area contributed by atoms with Crippen molar-refractivity contribution < 1.29 is 9.21 Å². The van der Waals surface area contributed by atoms with E-state index >= 15 is 0 Å². The van der Waals surface area contributed by atoms with Crippen LogP contribution in [0.1, 0.15) is 19.4 Å². The van der Waals surface area contributed by atoms with Crippen LogP contribution in [0.5, 0.6) is 0 Å². The Kier molecular flexibility index (Phi) is 5.65. The maximum Gasteiger partial charge on any atom is 0.217 e. The first-order valence-electron chi connectivity index (χ1n) is 5.74. The molecule has 0 spiro atoms. The second-order valence-electron chi connectivity index (χ2n) is 3.23. The van der Waals surface area contributed by atoms with Crippen LogP contribution in [0.25, 0.3) is 11.1 Å². The molecule has 0 saturated heterocycles. The zero-order valence-electron chi connectivity index (χ0n) is 10.6. The fraction of sp³-hybridized carbons (Fsp3) is 0.143. The number of carbonyl (C=O) groups excluding carboxylic acids is 1. The van der Waals surface area contributed by atoms with Gasteiger partial charge in [-0.2, -0.15) is 5.26 Å². The largest absolute Gasteiger partial charge is 0.446 e. The predicted molar refractivity (Wildman–Crippen MR) is 74.9 cm³/mol. The molecule has 1 N–H and O–H groups in total. The van der Waals surface area contributed by atoms with Crippen molar-refractivity contribution in [2.45, 2.75) is 13.8 Å². The molecule has 19 heavy (non-hydrogen) atoms. The molecule has 0 radical (unpaired) electrons. The van der Waals surface area contributed by atoms with Crippen LogP contribution in [0.3, 0.4) is 0 Å². The first-order chi connectivity index (χ1) is 9.26. The van der Waals surface area contributed by atoms with Crippen molar-refractivity contribution in [3.63, 3.8) is 0 Å². The number of benzene rings is 1. The molecule has 0 aliphatic carbocycles. The van der Waals surface area contributed by atoms with Gasteiger partial charge in [-0.1, -0.05) is 37.6 Å². The van der Waals surface area contributed by atoms with Crippen LogP contribution in [-0.2, 0) is 4.79 Å². The fourth-order valence-corrected chi connectivity index (χ4v) is 1.60. The molecule has 0 aliphatic rings. The minimum atomic E-state index is 0.146. The Bertz CT molecular complexity index is 582. The lowest BCUT2D eigenvalue weighted by atomic mass is 10.1. The molecule has 98 valence electrons. The van der Waals surface area contributed by atoms with E-state index in [1.54, 1.807) is 24.3 Å². The van der Waals surface area contributed by atoms with Crippen molar-refractivity contribution in [1.29, 1.82) is 5.26 Å². The molecule has 0 bridgehead atoms. The number of anilines is 1. The predicted octanol–water partition coefficient (Wildman–Crippen LogP) is 4.07. The number of furan rings is 1. The van der Waals surface area contributed by atoms with E-state index in [1.165, 1.54) is 6.26 Å². The third-order valence-corrected chi connectivity index (χ3v) is 2.50. The highest BCUT2D eigenvalue weighted by molar-refractivity contribution is 6.30. The molecule has 1 aromatic heterocycles. The van der Waals surface area contributed by atoms with E-state index in [2.05, 4.69) is 5.32 Å². The van der Waals surface area contributed by atoms with Crippen molar-refractivity contribution in [3.8, 4) is 17.2 Å². The van der Waals surface area contributed by atoms with E-state index in [9.17, 15) is 4.79 Å². The zero-order valence-corrected chi connectivity index (χ0v) is 11.4. The van der Waals surface area contributed by atoms with Crippen LogP contribution >= 0.6 is 11.6 Å². The van der Waals surface area contributed by atoms with Crippen LogP contribution in [-0.4, -0.2) is 6.41 Å². The van der Waals surface area contributed by atoms with Gasteiger partial charge in [-0.25, -0.2) is 0 Å². The fourth-order valence-electron chi connectivity index (χ4n) is 1.47. The number of halogens is 1. The third kappa shape index (κ3) is 3.36. The van der Waals surface area contributed by atoms with Gasteiger partial charge in [0.25, 0.3) is 0 Å². The summed E-state index contributed by atoms with van der Waals surface area (Å²) in [5.74, 6) is 0.146. The smallest absolute Gasteiger partial charge is 0.217 e. The van der Waals surface area contributed by atoms with E-state index < -0.39 is 0 Å². The van der Waals surface area contributed by atoms with Crippen LogP contribution in [0.15, 0.2) is 34.9 Å². The van der Waals surface area contributed by atoms with Crippen LogP contribution in [0.2, 0.25) is 5.02 Å². The molecule has 0 unspecified atom stereocenters. The maximum atomic E-state index is 10.3. The van der Waals surface area contributed by atoms with Crippen molar-refractivity contribution in [2.24, 2.45) is 0 Å². The van der Waals surface area contributed by atoms with E-state index in [0.29, 0.717) is 22.6 Å². The van der Waals surface area contributed by atoms with Gasteiger partial charge in [0.05, 0.1) is 0 Å². The molecule has 0 fully saturated rings. The number of amides is 1. The first-order valence-corrected chi connectivity index (χ1v) is 6.11. The molecule has 1 aromatic carbocycles. The first kappa shape index (κ1) is 14.8. The summed E-state index contributed by atoms with van der Waals surface area (Å²) in [6.07, 6.45) is 1.89. The second-order valence-corrected chi connectivity index (χ2v) is 3.67. The molecule has 4 nitrogen and oxygen atoms in total. The lowest BCUT2D eigenvalue weighted by Crippen LogP contribution is -1.94. The summed E-state index contributed by atoms with van der Waals surface area (Å²) in [6, 6.07) is 8.99. The Morgan fingerprint density at radius 3 is 2.47 bits per heavy atom. The van der Waals surface area contributed by atoms with Crippen LogP contribution < -0.4 is 5.32 Å². The van der Waals surface area contributed by atoms with E-state index in [0.717, 1.165) is 5.56 Å². The maximum absolute atomic E-state index is 10.3. The Balaban J connectivity index is 0.000000861. The lowest BCUT2D eigenvalue weighted by molar-refractivity contribution is -0.105. The quantitative estimate of drug-likeness (QED) is 0.860. The third-order valence-electron chi connectivity index (χ3n) is 2.25. The average Bonchev–Trinajstić information content (AvgIpc) is 2.85. The van der Waals surface area contributed by atoms with Crippen LogP contribution in [0.4, 0.5) is 5.88 Å². The Hall–Kier alpha value is -2.25. The highest BCUT2D eigenvalue weighted by Crippen LogP contribution is 2.31. The Labute approximate surface area is 116 Å². The molecular weight excluding hydrogens is 264 g/mol. The number of nitriles is 1. The summed E-state index contributed by atoms with van der Waals surface area (Å²) in [5.41, 5.74) is 1.71. The minimum absolute atomic E-state index is 0.146. The Morgan fingerprint density at radius 1 is 1.32 bits per heavy atom. The van der Waals surface area contributed by atoms with Gasteiger partial charge >= 0.3 is 0 Å². The van der Waals surface area contributed by atoms with Crippen LogP contribution in [0, 0.1) is 11.3 Å². The molecule has 1 heterocycles. The number of nitrogens with one attached hydrogen (secondary N) is 1. The van der Waals surface area contributed by atoms with Gasteiger partial charge < -0.3 is 4.42 Å². The summed E-state index contributed by atoms with van der Waals surface area (Å²) in [6.45, 7) is 4.00. The summed E-state index contributed by atoms with van der Waals surface area (Å²) < 4.78 is 5.11. The SMILES string of the molecule is CC.N#Cc1c(-c2ccc(Cl)cc2)coc1NC=O. The second kappa shape index (κ2) is 7.24. The van der Waals surface area contributed by atoms with E-state index in [-0.39, 0.29) is 5.88 Å². The number of rotatable bonds is 3. The molecule has 2 rings (SSSR count). The zero-order chi connectivity index (χ0) is 14.3. The van der Waals surface area contributed by atoms with Gasteiger partial charge in [0.1, 0.15) is 17.9 Å². The molecule has 1 amide bonds. The summed E-state index contributed by atoms with van der Waals surface area (Å²) in [5, 5.41) is 12.0. The van der Waals surface area contributed by atoms with Crippen molar-refractivity contribution >= 4 is 23.9 Å². The molecule has 5 heteroatoms. The van der Waals surface area contributed by atoms with Crippen molar-refractivity contribution in [1.82, 2.24) is 0 Å². The average molecular weight is 277 g/mol.